The molecule has 0 atom stereocenters. The van der Waals surface area contributed by atoms with Gasteiger partial charge in [0.1, 0.15) is 5.75 Å². The second-order valence-corrected chi connectivity index (χ2v) is 19.9. The van der Waals surface area contributed by atoms with Gasteiger partial charge in [0.15, 0.2) is 0 Å². The number of hydrogen-bond donors (Lipinski definition) is 3. The Labute approximate surface area is 296 Å². The fourth-order valence-electron chi connectivity index (χ4n) is 2.58. The summed E-state index contributed by atoms with van der Waals surface area (Å²) in [5.74, 6) is -20.9. The molecule has 0 saturated heterocycles. The van der Waals surface area contributed by atoms with E-state index in [1.54, 1.807) is 0 Å². The zero-order valence-corrected chi connectivity index (χ0v) is 29.2. The van der Waals surface area contributed by atoms with Crippen molar-refractivity contribution in [2.75, 3.05) is 0 Å². The van der Waals surface area contributed by atoms with Crippen LogP contribution in [0.15, 0.2) is 24.3 Å². The number of sulfonamides is 5. The molecule has 0 aromatic heterocycles. The third kappa shape index (κ3) is 8.37. The van der Waals surface area contributed by atoms with Crippen LogP contribution in [-0.2, 0) is 60.2 Å². The topological polar surface area (TPSA) is 267 Å². The Kier molecular flexibility index (Phi) is 12.7. The van der Waals surface area contributed by atoms with Crippen molar-refractivity contribution in [3.05, 3.63) is 29.8 Å². The number of nitrogens with one attached hydrogen (secondary N) is 3. The lowest BCUT2D eigenvalue weighted by molar-refractivity contribution is -0.245. The smallest absolute Gasteiger partial charge is 0.378 e. The molecule has 1 aromatic carbocycles. The highest BCUT2D eigenvalue weighted by atomic mass is 32.3. The molecule has 0 aliphatic heterocycles. The van der Waals surface area contributed by atoms with Gasteiger partial charge in [-0.1, -0.05) is 8.25 Å². The Morgan fingerprint density at radius 3 is 1.02 bits per heavy atom. The second kappa shape index (κ2) is 14.0. The molecular formula is C15H7F18N3O14S6. The van der Waals surface area contributed by atoms with E-state index in [1.165, 1.54) is 0 Å². The summed E-state index contributed by atoms with van der Waals surface area (Å²) in [4.78, 5) is 12.0. The molecule has 3 N–H and O–H groups in total. The molecular weight excluding hydrogens is 981 g/mol. The number of carbonyl (C=O) groups is 1. The molecule has 17 nitrogen and oxygen atoms in total. The van der Waals surface area contributed by atoms with Crippen LogP contribution >= 0.6 is 0 Å². The molecule has 0 fully saturated rings. The van der Waals surface area contributed by atoms with Gasteiger partial charge >= 0.3 is 84.1 Å². The summed E-state index contributed by atoms with van der Waals surface area (Å²) in [6.45, 7) is 0. The predicted octanol–water partition coefficient (Wildman–Crippen LogP) is 1.63. The van der Waals surface area contributed by atoms with E-state index in [2.05, 4.69) is 4.18 Å². The summed E-state index contributed by atoms with van der Waals surface area (Å²) >= 11 is 0. The standard InChI is InChI=1S/C15H7F18N3O14S6/c16-8(17,11(22,23)52(40,41)35-54(44,45)14(28,29)30)10(20,21)51(38,39)34-7(37)5-1-3-6(4-2-5)50-56(48,49)13(26,27)9(18,19)12(24,25)53(42,43)36-55(46,47)15(31,32)33/h1-4,35-36H,(H,34,37). The van der Waals surface area contributed by atoms with Gasteiger partial charge in [0, 0.05) is 5.56 Å². The molecule has 0 heterocycles. The molecule has 56 heavy (non-hydrogen) atoms. The van der Waals surface area contributed by atoms with Crippen LogP contribution in [0.5, 0.6) is 5.75 Å². The van der Waals surface area contributed by atoms with Crippen LogP contribution < -0.4 is 17.2 Å². The average Bonchev–Trinajstić information content (AvgIpc) is 2.94. The first-order chi connectivity index (χ1) is 24.0. The van der Waals surface area contributed by atoms with E-state index in [4.69, 9.17) is 0 Å². The first-order valence-electron chi connectivity index (χ1n) is 11.5. The number of amides is 1. The van der Waals surface area contributed by atoms with Crippen molar-refractivity contribution in [3.8, 4) is 5.75 Å². The van der Waals surface area contributed by atoms with Crippen molar-refractivity contribution in [1.29, 1.82) is 0 Å². The summed E-state index contributed by atoms with van der Waals surface area (Å²) in [6, 6.07) is -1.42. The predicted molar refractivity (Wildman–Crippen MR) is 136 cm³/mol. The third-order valence-electron chi connectivity index (χ3n) is 5.39. The van der Waals surface area contributed by atoms with Crippen molar-refractivity contribution < 1.29 is 139 Å². The Balaban J connectivity index is 3.47. The zero-order chi connectivity index (χ0) is 45.4. The highest BCUT2D eigenvalue weighted by Crippen LogP contribution is 2.52. The number of carbonyl (C=O) groups excluding carboxylic acids is 1. The van der Waals surface area contributed by atoms with E-state index in [9.17, 15) is 134 Å². The van der Waals surface area contributed by atoms with Gasteiger partial charge in [0.2, 0.25) is 0 Å². The number of benzene rings is 1. The van der Waals surface area contributed by atoms with Gasteiger partial charge in [0.05, 0.1) is 0 Å². The Hall–Kier alpha value is -3.15. The second-order valence-electron chi connectivity index (χ2n) is 9.28. The van der Waals surface area contributed by atoms with Crippen LogP contribution in [0.1, 0.15) is 10.4 Å². The maximum atomic E-state index is 14.2. The minimum atomic E-state index is -8.25. The molecule has 328 valence electrons. The van der Waals surface area contributed by atoms with Crippen molar-refractivity contribution in [2.45, 2.75) is 43.9 Å². The number of hydrogen-bond acceptors (Lipinski definition) is 14. The molecule has 0 aliphatic rings. The van der Waals surface area contributed by atoms with Crippen molar-refractivity contribution in [3.63, 3.8) is 0 Å². The molecule has 0 saturated carbocycles. The largest absolute Gasteiger partial charge is 0.512 e. The summed E-state index contributed by atoms with van der Waals surface area (Å²) in [7, 11) is -47.5. The summed E-state index contributed by atoms with van der Waals surface area (Å²) in [5.41, 5.74) is -15.6. The SMILES string of the molecule is O=C(NS(=O)(=O)C(F)(F)C(F)(F)C(F)(F)S(=O)(=O)NS(=O)(=O)C(F)(F)F)c1ccc(OS(=O)(=O)C(F)(F)C(F)(F)C(F)(F)S(=O)(=O)NS(=O)(=O)C(F)(F)F)cc1. The number of rotatable bonds is 16. The first kappa shape index (κ1) is 50.9. The molecule has 0 aliphatic carbocycles. The quantitative estimate of drug-likeness (QED) is 0.157. The van der Waals surface area contributed by atoms with E-state index in [0.717, 1.165) is 0 Å². The minimum absolute atomic E-state index is 0.198. The third-order valence-corrected chi connectivity index (χ3v) is 14.7. The lowest BCUT2D eigenvalue weighted by Gasteiger charge is -2.31. The molecule has 0 bridgehead atoms. The number of halogens is 18. The van der Waals surface area contributed by atoms with Gasteiger partial charge in [0.25, 0.3) is 26.0 Å². The molecule has 1 aromatic rings. The van der Waals surface area contributed by atoms with Crippen LogP contribution in [0.2, 0.25) is 0 Å². The summed E-state index contributed by atoms with van der Waals surface area (Å²) in [6.07, 6.45) is 0. The molecule has 0 radical (unpaired) electrons. The molecule has 0 unspecified atom stereocenters. The van der Waals surface area contributed by atoms with Gasteiger partial charge < -0.3 is 4.18 Å². The van der Waals surface area contributed by atoms with Crippen molar-refractivity contribution >= 4 is 66.1 Å². The average molecular weight is 988 g/mol. The maximum absolute atomic E-state index is 14.2. The van der Waals surface area contributed by atoms with E-state index in [1.807, 2.05) is 0 Å². The van der Waals surface area contributed by atoms with E-state index in [0.29, 0.717) is 0 Å². The van der Waals surface area contributed by atoms with Gasteiger partial charge in [-0.25, -0.2) is 38.4 Å². The molecule has 1 amide bonds. The van der Waals surface area contributed by atoms with Crippen LogP contribution in [0.3, 0.4) is 0 Å². The van der Waals surface area contributed by atoms with Gasteiger partial charge in [-0.2, -0.15) is 95.9 Å². The van der Waals surface area contributed by atoms with Crippen molar-refractivity contribution in [2.24, 2.45) is 0 Å². The highest BCUT2D eigenvalue weighted by Gasteiger charge is 2.84. The van der Waals surface area contributed by atoms with Gasteiger partial charge in [-0.3, -0.25) is 4.79 Å². The highest BCUT2D eigenvalue weighted by molar-refractivity contribution is 8.06. The minimum Gasteiger partial charge on any atom is -0.378 e. The summed E-state index contributed by atoms with van der Waals surface area (Å²) in [5, 5.41) is -31.1. The number of alkyl halides is 18. The fraction of sp³-hybridized carbons (Fsp3) is 0.533. The Morgan fingerprint density at radius 1 is 0.429 bits per heavy atom. The van der Waals surface area contributed by atoms with Crippen LogP contribution in [-0.4, -0.2) is 100 Å². The monoisotopic (exact) mass is 987 g/mol. The molecule has 1 rings (SSSR count). The lowest BCUT2D eigenvalue weighted by Crippen LogP contribution is -2.65. The fourth-order valence-corrected chi connectivity index (χ4v) is 9.41. The van der Waals surface area contributed by atoms with E-state index >= 15 is 0 Å². The molecule has 41 heteroatoms. The van der Waals surface area contributed by atoms with Gasteiger partial charge in [-0.15, -0.1) is 0 Å². The Bertz CT molecular complexity index is 2400. The van der Waals surface area contributed by atoms with Crippen LogP contribution in [0, 0.1) is 0 Å². The Morgan fingerprint density at radius 2 is 0.714 bits per heavy atom. The van der Waals surface area contributed by atoms with E-state index in [-0.39, 0.29) is 29.0 Å². The zero-order valence-electron chi connectivity index (χ0n) is 24.3. The molecule has 0 spiro atoms. The van der Waals surface area contributed by atoms with E-state index < -0.39 is 130 Å². The van der Waals surface area contributed by atoms with Crippen LogP contribution in [0.25, 0.3) is 0 Å². The van der Waals surface area contributed by atoms with Gasteiger partial charge in [-0.05, 0) is 24.3 Å². The summed E-state index contributed by atoms with van der Waals surface area (Å²) < 4.78 is 379. The lowest BCUT2D eigenvalue weighted by atomic mass is 10.2. The van der Waals surface area contributed by atoms with Crippen LogP contribution in [0.4, 0.5) is 79.0 Å². The first-order valence-corrected chi connectivity index (χ1v) is 20.4. The normalized spacial score (nSPS) is 15.7. The maximum Gasteiger partial charge on any atom is 0.512 e. The van der Waals surface area contributed by atoms with Crippen molar-refractivity contribution in [1.82, 2.24) is 13.0 Å².